The SMILES string of the molecule is Cc1cc(NC(=O)C(C)Sc2nnc(-c3cccnc3)n2C2CC2)no1. The first-order valence-corrected chi connectivity index (χ1v) is 9.26. The molecule has 1 aliphatic rings. The summed E-state index contributed by atoms with van der Waals surface area (Å²) >= 11 is 1.39. The molecule has 4 rings (SSSR count). The van der Waals surface area contributed by atoms with E-state index in [1.54, 1.807) is 25.4 Å². The van der Waals surface area contributed by atoms with Gasteiger partial charge in [0.2, 0.25) is 5.91 Å². The van der Waals surface area contributed by atoms with Crippen molar-refractivity contribution in [3.8, 4) is 11.4 Å². The largest absolute Gasteiger partial charge is 0.360 e. The fraction of sp³-hybridized carbons (Fsp3) is 0.353. The third kappa shape index (κ3) is 3.48. The summed E-state index contributed by atoms with van der Waals surface area (Å²) < 4.78 is 7.09. The zero-order valence-corrected chi connectivity index (χ0v) is 15.2. The van der Waals surface area contributed by atoms with Crippen molar-refractivity contribution in [3.05, 3.63) is 36.4 Å². The van der Waals surface area contributed by atoms with Gasteiger partial charge in [-0.15, -0.1) is 10.2 Å². The van der Waals surface area contributed by atoms with Crippen LogP contribution in [-0.2, 0) is 4.79 Å². The van der Waals surface area contributed by atoms with Gasteiger partial charge in [0.05, 0.1) is 5.25 Å². The quantitative estimate of drug-likeness (QED) is 0.666. The number of carbonyl (C=O) groups excluding carboxylic acids is 1. The maximum atomic E-state index is 12.4. The lowest BCUT2D eigenvalue weighted by Gasteiger charge is -2.12. The molecular formula is C17H18N6O2S. The highest BCUT2D eigenvalue weighted by Crippen LogP contribution is 2.41. The highest BCUT2D eigenvalue weighted by Gasteiger charge is 2.31. The van der Waals surface area contributed by atoms with Crippen molar-refractivity contribution in [1.82, 2.24) is 24.9 Å². The van der Waals surface area contributed by atoms with Gasteiger partial charge in [-0.2, -0.15) is 0 Å². The topological polar surface area (TPSA) is 98.7 Å². The molecule has 1 amide bonds. The van der Waals surface area contributed by atoms with Crippen LogP contribution in [0, 0.1) is 6.92 Å². The van der Waals surface area contributed by atoms with E-state index >= 15 is 0 Å². The maximum Gasteiger partial charge on any atom is 0.238 e. The number of nitrogens with one attached hydrogen (secondary N) is 1. The first-order chi connectivity index (χ1) is 12.6. The van der Waals surface area contributed by atoms with Crippen LogP contribution >= 0.6 is 11.8 Å². The van der Waals surface area contributed by atoms with E-state index in [1.165, 1.54) is 11.8 Å². The first-order valence-electron chi connectivity index (χ1n) is 8.38. The number of amides is 1. The summed E-state index contributed by atoms with van der Waals surface area (Å²) in [5, 5.41) is 15.6. The molecule has 0 saturated heterocycles. The van der Waals surface area contributed by atoms with Crippen LogP contribution in [0.5, 0.6) is 0 Å². The first kappa shape index (κ1) is 16.8. The third-order valence-corrected chi connectivity index (χ3v) is 5.08. The minimum Gasteiger partial charge on any atom is -0.360 e. The Morgan fingerprint density at radius 2 is 2.27 bits per heavy atom. The Bertz CT molecular complexity index is 918. The molecule has 0 spiro atoms. The van der Waals surface area contributed by atoms with Crippen LogP contribution in [-0.4, -0.2) is 36.1 Å². The molecule has 134 valence electrons. The summed E-state index contributed by atoms with van der Waals surface area (Å²) in [6.07, 6.45) is 5.70. The van der Waals surface area contributed by atoms with Crippen LogP contribution < -0.4 is 5.32 Å². The van der Waals surface area contributed by atoms with Gasteiger partial charge in [-0.05, 0) is 38.8 Å². The summed E-state index contributed by atoms with van der Waals surface area (Å²) in [5.41, 5.74) is 0.925. The average Bonchev–Trinajstić information content (AvgIpc) is 3.27. The van der Waals surface area contributed by atoms with Crippen molar-refractivity contribution in [3.63, 3.8) is 0 Å². The Morgan fingerprint density at radius 3 is 2.92 bits per heavy atom. The van der Waals surface area contributed by atoms with Crippen LogP contribution in [0.25, 0.3) is 11.4 Å². The number of carbonyl (C=O) groups is 1. The number of anilines is 1. The zero-order valence-electron chi connectivity index (χ0n) is 14.4. The molecule has 26 heavy (non-hydrogen) atoms. The third-order valence-electron chi connectivity index (χ3n) is 4.03. The molecule has 1 unspecified atom stereocenters. The molecule has 8 nitrogen and oxygen atoms in total. The summed E-state index contributed by atoms with van der Waals surface area (Å²) in [7, 11) is 0. The summed E-state index contributed by atoms with van der Waals surface area (Å²) in [4.78, 5) is 16.6. The number of aromatic nitrogens is 5. The minimum absolute atomic E-state index is 0.156. The minimum atomic E-state index is -0.351. The lowest BCUT2D eigenvalue weighted by Crippen LogP contribution is -2.23. The van der Waals surface area contributed by atoms with E-state index in [4.69, 9.17) is 4.52 Å². The van der Waals surface area contributed by atoms with Gasteiger partial charge in [0.1, 0.15) is 5.76 Å². The second-order valence-electron chi connectivity index (χ2n) is 6.22. The van der Waals surface area contributed by atoms with E-state index in [1.807, 2.05) is 19.1 Å². The van der Waals surface area contributed by atoms with Gasteiger partial charge in [0.25, 0.3) is 0 Å². The Kier molecular flexibility index (Phi) is 4.46. The predicted molar refractivity (Wildman–Crippen MR) is 96.7 cm³/mol. The van der Waals surface area contributed by atoms with E-state index in [2.05, 4.69) is 30.2 Å². The van der Waals surface area contributed by atoms with Crippen LogP contribution in [0.3, 0.4) is 0 Å². The van der Waals surface area contributed by atoms with Gasteiger partial charge in [0, 0.05) is 30.1 Å². The average molecular weight is 370 g/mol. The summed E-state index contributed by atoms with van der Waals surface area (Å²) in [6.45, 7) is 3.61. The Labute approximate surface area is 154 Å². The summed E-state index contributed by atoms with van der Waals surface area (Å²) in [6, 6.07) is 5.91. The van der Waals surface area contributed by atoms with Gasteiger partial charge < -0.3 is 9.84 Å². The number of hydrogen-bond donors (Lipinski definition) is 1. The zero-order chi connectivity index (χ0) is 18.1. The van der Waals surface area contributed by atoms with Gasteiger partial charge in [-0.1, -0.05) is 16.9 Å². The number of rotatable bonds is 6. The van der Waals surface area contributed by atoms with Crippen molar-refractivity contribution in [2.75, 3.05) is 5.32 Å². The number of pyridine rings is 1. The van der Waals surface area contributed by atoms with Crippen molar-refractivity contribution < 1.29 is 9.32 Å². The van der Waals surface area contributed by atoms with E-state index in [9.17, 15) is 4.79 Å². The fourth-order valence-electron chi connectivity index (χ4n) is 2.58. The van der Waals surface area contributed by atoms with Gasteiger partial charge in [-0.3, -0.25) is 14.3 Å². The smallest absolute Gasteiger partial charge is 0.238 e. The van der Waals surface area contributed by atoms with Crippen LogP contribution in [0.1, 0.15) is 31.6 Å². The monoisotopic (exact) mass is 370 g/mol. The molecular weight excluding hydrogens is 352 g/mol. The molecule has 0 aliphatic heterocycles. The van der Waals surface area contributed by atoms with E-state index in [0.29, 0.717) is 17.6 Å². The molecule has 1 fully saturated rings. The molecule has 0 radical (unpaired) electrons. The normalized spacial score (nSPS) is 15.0. The highest BCUT2D eigenvalue weighted by atomic mass is 32.2. The molecule has 3 aromatic heterocycles. The van der Waals surface area contributed by atoms with Crippen LogP contribution in [0.15, 0.2) is 40.3 Å². The molecule has 9 heteroatoms. The Balaban J connectivity index is 1.52. The molecule has 1 N–H and O–H groups in total. The lowest BCUT2D eigenvalue weighted by molar-refractivity contribution is -0.115. The molecule has 1 aliphatic carbocycles. The van der Waals surface area contributed by atoms with Gasteiger partial charge in [0.15, 0.2) is 16.8 Å². The van der Waals surface area contributed by atoms with Crippen molar-refractivity contribution >= 4 is 23.5 Å². The Hall–Kier alpha value is -2.68. The molecule has 3 heterocycles. The van der Waals surface area contributed by atoms with Crippen LogP contribution in [0.4, 0.5) is 5.82 Å². The summed E-state index contributed by atoms with van der Waals surface area (Å²) in [5.74, 6) is 1.70. The molecule has 0 aromatic carbocycles. The van der Waals surface area contributed by atoms with Crippen molar-refractivity contribution in [2.45, 2.75) is 43.1 Å². The van der Waals surface area contributed by atoms with E-state index in [-0.39, 0.29) is 11.2 Å². The van der Waals surface area contributed by atoms with E-state index in [0.717, 1.165) is 29.4 Å². The van der Waals surface area contributed by atoms with E-state index < -0.39 is 0 Å². The predicted octanol–water partition coefficient (Wildman–Crippen LogP) is 3.09. The second-order valence-corrected chi connectivity index (χ2v) is 7.53. The highest BCUT2D eigenvalue weighted by molar-refractivity contribution is 8.00. The number of hydrogen-bond acceptors (Lipinski definition) is 7. The second kappa shape index (κ2) is 6.91. The van der Waals surface area contributed by atoms with Gasteiger partial charge in [-0.25, -0.2) is 0 Å². The number of aryl methyl sites for hydroxylation is 1. The molecule has 1 atom stereocenters. The molecule has 3 aromatic rings. The number of thioether (sulfide) groups is 1. The van der Waals surface area contributed by atoms with Crippen molar-refractivity contribution in [1.29, 1.82) is 0 Å². The van der Waals surface area contributed by atoms with Gasteiger partial charge >= 0.3 is 0 Å². The molecule has 0 bridgehead atoms. The lowest BCUT2D eigenvalue weighted by atomic mass is 10.3. The standard InChI is InChI=1S/C17H18N6O2S/c1-10-8-14(22-25-10)19-16(24)11(2)26-17-21-20-15(23(17)13-5-6-13)12-4-3-7-18-9-12/h3-4,7-9,11,13H,5-6H2,1-2H3,(H,19,22,24). The number of nitrogens with zero attached hydrogens (tertiary/aromatic N) is 5. The van der Waals surface area contributed by atoms with Crippen molar-refractivity contribution in [2.24, 2.45) is 0 Å². The van der Waals surface area contributed by atoms with Crippen LogP contribution in [0.2, 0.25) is 0 Å². The maximum absolute atomic E-state index is 12.4. The molecule has 1 saturated carbocycles. The fourth-order valence-corrected chi connectivity index (χ4v) is 3.50. The Morgan fingerprint density at radius 1 is 1.42 bits per heavy atom.